The number of ether oxygens (including phenoxy) is 1. The standard InChI is InChI=1S/C26H19F3N4O2S/c1-15(18-6-2-3-7-19(18)26(27,28)29)35-22-12-23(36-24(22)25(30)34)33-14-32-20-9-8-16(11-21(20)33)17-5-4-10-31-13-17/h2-15H,1H3,(H2,30,34). The lowest BCUT2D eigenvalue weighted by Crippen LogP contribution is -2.15. The highest BCUT2D eigenvalue weighted by Crippen LogP contribution is 2.39. The molecule has 0 fully saturated rings. The predicted octanol–water partition coefficient (Wildman–Crippen LogP) is 6.41. The average Bonchev–Trinajstić information content (AvgIpc) is 3.47. The molecule has 1 amide bonds. The van der Waals surface area contributed by atoms with Crippen LogP contribution in [-0.2, 0) is 6.18 Å². The van der Waals surface area contributed by atoms with Crippen LogP contribution in [-0.4, -0.2) is 20.4 Å². The predicted molar refractivity (Wildman–Crippen MR) is 131 cm³/mol. The van der Waals surface area contributed by atoms with E-state index in [1.165, 1.54) is 25.1 Å². The van der Waals surface area contributed by atoms with Crippen LogP contribution in [0.2, 0.25) is 0 Å². The van der Waals surface area contributed by atoms with E-state index in [4.69, 9.17) is 10.5 Å². The molecular formula is C26H19F3N4O2S. The van der Waals surface area contributed by atoms with E-state index in [0.29, 0.717) is 5.00 Å². The number of fused-ring (bicyclic) bond motifs is 1. The van der Waals surface area contributed by atoms with Gasteiger partial charge in [0.1, 0.15) is 28.1 Å². The highest BCUT2D eigenvalue weighted by molar-refractivity contribution is 7.16. The molecule has 0 spiro atoms. The molecule has 1 atom stereocenters. The molecular weight excluding hydrogens is 489 g/mol. The quantitative estimate of drug-likeness (QED) is 0.287. The van der Waals surface area contributed by atoms with Gasteiger partial charge in [0, 0.05) is 29.6 Å². The lowest BCUT2D eigenvalue weighted by Gasteiger charge is -2.19. The van der Waals surface area contributed by atoms with Gasteiger partial charge in [-0.25, -0.2) is 4.98 Å². The molecule has 0 aliphatic carbocycles. The molecule has 10 heteroatoms. The van der Waals surface area contributed by atoms with E-state index >= 15 is 0 Å². The number of imidazole rings is 1. The number of carbonyl (C=O) groups is 1. The number of rotatable bonds is 6. The summed E-state index contributed by atoms with van der Waals surface area (Å²) in [6.07, 6.45) is -0.466. The Labute approximate surface area is 207 Å². The monoisotopic (exact) mass is 508 g/mol. The molecule has 1 unspecified atom stereocenters. The highest BCUT2D eigenvalue weighted by Gasteiger charge is 2.35. The Morgan fingerprint density at radius 3 is 2.61 bits per heavy atom. The molecule has 0 saturated carbocycles. The van der Waals surface area contributed by atoms with Crippen molar-refractivity contribution in [3.05, 3.63) is 95.4 Å². The Morgan fingerprint density at radius 1 is 1.08 bits per heavy atom. The number of pyridine rings is 1. The SMILES string of the molecule is CC(Oc1cc(-n2cnc3ccc(-c4cccnc4)cc32)sc1C(N)=O)c1ccccc1C(F)(F)F. The van der Waals surface area contributed by atoms with Crippen LogP contribution in [0.5, 0.6) is 5.75 Å². The van der Waals surface area contributed by atoms with Crippen LogP contribution in [0, 0.1) is 0 Å². The van der Waals surface area contributed by atoms with Crippen LogP contribution in [0.4, 0.5) is 13.2 Å². The first-order valence-corrected chi connectivity index (χ1v) is 11.7. The first-order chi connectivity index (χ1) is 17.2. The number of primary amides is 1. The second-order valence-corrected chi connectivity index (χ2v) is 9.08. The van der Waals surface area contributed by atoms with Crippen molar-refractivity contribution in [2.75, 3.05) is 0 Å². The summed E-state index contributed by atoms with van der Waals surface area (Å²) in [7, 11) is 0. The number of hydrogen-bond donors (Lipinski definition) is 1. The zero-order chi connectivity index (χ0) is 25.4. The smallest absolute Gasteiger partial charge is 0.416 e. The van der Waals surface area contributed by atoms with Crippen molar-refractivity contribution < 1.29 is 22.7 Å². The molecule has 182 valence electrons. The van der Waals surface area contributed by atoms with E-state index in [1.807, 2.05) is 30.3 Å². The molecule has 0 aliphatic rings. The largest absolute Gasteiger partial charge is 0.484 e. The van der Waals surface area contributed by atoms with Crippen molar-refractivity contribution in [2.24, 2.45) is 5.73 Å². The number of aromatic nitrogens is 3. The van der Waals surface area contributed by atoms with E-state index in [0.717, 1.165) is 39.6 Å². The number of hydrogen-bond acceptors (Lipinski definition) is 5. The first-order valence-electron chi connectivity index (χ1n) is 10.9. The number of halogens is 3. The normalized spacial score (nSPS) is 12.6. The summed E-state index contributed by atoms with van der Waals surface area (Å²) in [5, 5.41) is 0.584. The average molecular weight is 509 g/mol. The van der Waals surface area contributed by atoms with Gasteiger partial charge in [0.15, 0.2) is 0 Å². The Bertz CT molecular complexity index is 1560. The second-order valence-electron chi connectivity index (χ2n) is 8.05. The van der Waals surface area contributed by atoms with Gasteiger partial charge in [0.05, 0.1) is 16.6 Å². The third kappa shape index (κ3) is 4.42. The molecule has 5 rings (SSSR count). The lowest BCUT2D eigenvalue weighted by atomic mass is 10.0. The maximum atomic E-state index is 13.5. The maximum Gasteiger partial charge on any atom is 0.416 e. The van der Waals surface area contributed by atoms with E-state index in [2.05, 4.69) is 9.97 Å². The van der Waals surface area contributed by atoms with Crippen LogP contribution in [0.25, 0.3) is 27.2 Å². The summed E-state index contributed by atoms with van der Waals surface area (Å²) in [5.41, 5.74) is 8.11. The van der Waals surface area contributed by atoms with Gasteiger partial charge in [0.2, 0.25) is 0 Å². The van der Waals surface area contributed by atoms with E-state index < -0.39 is 23.8 Å². The summed E-state index contributed by atoms with van der Waals surface area (Å²) >= 11 is 1.08. The number of nitrogens with two attached hydrogens (primary N) is 1. The molecule has 3 heterocycles. The fourth-order valence-corrected chi connectivity index (χ4v) is 4.93. The van der Waals surface area contributed by atoms with Gasteiger partial charge in [-0.05, 0) is 36.8 Å². The molecule has 0 bridgehead atoms. The Balaban J connectivity index is 1.54. The third-order valence-electron chi connectivity index (χ3n) is 5.70. The second kappa shape index (κ2) is 9.12. The fraction of sp³-hybridized carbons (Fsp3) is 0.115. The van der Waals surface area contributed by atoms with Crippen molar-refractivity contribution in [1.29, 1.82) is 0 Å². The van der Waals surface area contributed by atoms with E-state index in [-0.39, 0.29) is 16.2 Å². The molecule has 3 aromatic heterocycles. The minimum atomic E-state index is -4.54. The number of amides is 1. The molecule has 0 radical (unpaired) electrons. The Kier molecular flexibility index (Phi) is 5.97. The van der Waals surface area contributed by atoms with Gasteiger partial charge in [-0.15, -0.1) is 11.3 Å². The lowest BCUT2D eigenvalue weighted by molar-refractivity contribution is -0.138. The molecule has 6 nitrogen and oxygen atoms in total. The Hall–Kier alpha value is -4.18. The Morgan fingerprint density at radius 2 is 1.89 bits per heavy atom. The van der Waals surface area contributed by atoms with Crippen molar-refractivity contribution >= 4 is 28.3 Å². The molecule has 36 heavy (non-hydrogen) atoms. The van der Waals surface area contributed by atoms with Gasteiger partial charge < -0.3 is 10.5 Å². The highest BCUT2D eigenvalue weighted by atomic mass is 32.1. The van der Waals surface area contributed by atoms with E-state index in [9.17, 15) is 18.0 Å². The number of carbonyl (C=O) groups excluding carboxylic acids is 1. The minimum absolute atomic E-state index is 0.0395. The summed E-state index contributed by atoms with van der Waals surface area (Å²) in [4.78, 5) is 20.9. The van der Waals surface area contributed by atoms with Crippen molar-refractivity contribution in [3.63, 3.8) is 0 Å². The number of thiophene rings is 1. The summed E-state index contributed by atoms with van der Waals surface area (Å²) < 4.78 is 48.2. The molecule has 5 aromatic rings. The summed E-state index contributed by atoms with van der Waals surface area (Å²) in [5.74, 6) is -0.629. The topological polar surface area (TPSA) is 83.0 Å². The van der Waals surface area contributed by atoms with E-state index in [1.54, 1.807) is 29.4 Å². The molecule has 2 aromatic carbocycles. The summed E-state index contributed by atoms with van der Waals surface area (Å²) in [6.45, 7) is 1.50. The van der Waals surface area contributed by atoms with Crippen LogP contribution in [0.15, 0.2) is 79.4 Å². The van der Waals surface area contributed by atoms with Gasteiger partial charge in [-0.2, -0.15) is 13.2 Å². The van der Waals surface area contributed by atoms with Crippen LogP contribution >= 0.6 is 11.3 Å². The number of benzene rings is 2. The minimum Gasteiger partial charge on any atom is -0.484 e. The van der Waals surface area contributed by atoms with Crippen LogP contribution in [0.3, 0.4) is 0 Å². The molecule has 0 aliphatic heterocycles. The summed E-state index contributed by atoms with van der Waals surface area (Å²) in [6, 6.07) is 16.3. The first kappa shape index (κ1) is 23.6. The van der Waals surface area contributed by atoms with Gasteiger partial charge in [0.25, 0.3) is 5.91 Å². The van der Waals surface area contributed by atoms with Crippen molar-refractivity contribution in [3.8, 4) is 21.9 Å². The van der Waals surface area contributed by atoms with Gasteiger partial charge in [-0.3, -0.25) is 14.3 Å². The van der Waals surface area contributed by atoms with Crippen LogP contribution in [0.1, 0.15) is 33.8 Å². The third-order valence-corrected chi connectivity index (χ3v) is 6.83. The molecule has 0 saturated heterocycles. The molecule has 2 N–H and O–H groups in total. The van der Waals surface area contributed by atoms with Gasteiger partial charge in [-0.1, -0.05) is 30.3 Å². The van der Waals surface area contributed by atoms with Crippen LogP contribution < -0.4 is 10.5 Å². The maximum absolute atomic E-state index is 13.5. The zero-order valence-corrected chi connectivity index (χ0v) is 19.7. The fourth-order valence-electron chi connectivity index (χ4n) is 4.00. The van der Waals surface area contributed by atoms with Crippen molar-refractivity contribution in [2.45, 2.75) is 19.2 Å². The van der Waals surface area contributed by atoms with Crippen molar-refractivity contribution in [1.82, 2.24) is 14.5 Å². The zero-order valence-electron chi connectivity index (χ0n) is 18.9. The number of alkyl halides is 3. The number of nitrogens with zero attached hydrogens (tertiary/aromatic N) is 3. The van der Waals surface area contributed by atoms with Gasteiger partial charge >= 0.3 is 6.18 Å².